The first-order valence-corrected chi connectivity index (χ1v) is 7.11. The first-order chi connectivity index (χ1) is 10.1. The quantitative estimate of drug-likeness (QED) is 0.688. The van der Waals surface area contributed by atoms with Crippen LogP contribution in [0.15, 0.2) is 30.9 Å². The molecule has 1 unspecified atom stereocenters. The van der Waals surface area contributed by atoms with Crippen molar-refractivity contribution in [2.45, 2.75) is 26.3 Å². The highest BCUT2D eigenvalue weighted by atomic mass is 19.1. The number of benzene rings is 1. The SMILES string of the molecule is C=CCNC(=O)COc1ccc(C(C)NCCC)c(F)c1. The Morgan fingerprint density at radius 1 is 1.52 bits per heavy atom. The van der Waals surface area contributed by atoms with Crippen LogP contribution in [0.1, 0.15) is 31.9 Å². The molecule has 0 fully saturated rings. The van der Waals surface area contributed by atoms with Crippen LogP contribution in [0.2, 0.25) is 0 Å². The van der Waals surface area contributed by atoms with Gasteiger partial charge in [-0.1, -0.05) is 19.1 Å². The molecule has 0 aromatic heterocycles. The topological polar surface area (TPSA) is 50.4 Å². The lowest BCUT2D eigenvalue weighted by molar-refractivity contribution is -0.122. The lowest BCUT2D eigenvalue weighted by Crippen LogP contribution is -2.28. The minimum absolute atomic E-state index is 0.0603. The number of hydrogen-bond acceptors (Lipinski definition) is 3. The Labute approximate surface area is 125 Å². The zero-order valence-corrected chi connectivity index (χ0v) is 12.6. The predicted octanol–water partition coefficient (Wildman–Crippen LogP) is 2.57. The summed E-state index contributed by atoms with van der Waals surface area (Å²) < 4.78 is 19.3. The summed E-state index contributed by atoms with van der Waals surface area (Å²) in [6, 6.07) is 4.60. The second-order valence-corrected chi connectivity index (χ2v) is 4.74. The summed E-state index contributed by atoms with van der Waals surface area (Å²) in [5, 5.41) is 5.81. The van der Waals surface area contributed by atoms with E-state index in [1.807, 2.05) is 6.92 Å². The van der Waals surface area contributed by atoms with Gasteiger partial charge in [-0.2, -0.15) is 0 Å². The molecular weight excluding hydrogens is 271 g/mol. The summed E-state index contributed by atoms with van der Waals surface area (Å²) in [7, 11) is 0. The number of nitrogens with one attached hydrogen (secondary N) is 2. The molecule has 1 rings (SSSR count). The van der Waals surface area contributed by atoms with Gasteiger partial charge in [0.1, 0.15) is 11.6 Å². The average Bonchev–Trinajstić information content (AvgIpc) is 2.48. The van der Waals surface area contributed by atoms with Crippen molar-refractivity contribution in [3.63, 3.8) is 0 Å². The van der Waals surface area contributed by atoms with Gasteiger partial charge in [0.15, 0.2) is 6.61 Å². The van der Waals surface area contributed by atoms with Gasteiger partial charge < -0.3 is 15.4 Å². The maximum absolute atomic E-state index is 14.0. The van der Waals surface area contributed by atoms with Crippen molar-refractivity contribution >= 4 is 5.91 Å². The van der Waals surface area contributed by atoms with Crippen molar-refractivity contribution in [2.24, 2.45) is 0 Å². The molecule has 0 aliphatic heterocycles. The van der Waals surface area contributed by atoms with Crippen molar-refractivity contribution in [1.29, 1.82) is 0 Å². The second kappa shape index (κ2) is 9.13. The summed E-state index contributed by atoms with van der Waals surface area (Å²) in [4.78, 5) is 11.4. The highest BCUT2D eigenvalue weighted by Gasteiger charge is 2.11. The fourth-order valence-corrected chi connectivity index (χ4v) is 1.81. The molecule has 116 valence electrons. The fourth-order valence-electron chi connectivity index (χ4n) is 1.81. The van der Waals surface area contributed by atoms with E-state index in [-0.39, 0.29) is 24.4 Å². The normalized spacial score (nSPS) is 11.8. The molecule has 0 bridgehead atoms. The third-order valence-electron chi connectivity index (χ3n) is 2.95. The number of halogens is 1. The molecule has 0 spiro atoms. The van der Waals surface area contributed by atoms with Crippen molar-refractivity contribution in [3.05, 3.63) is 42.2 Å². The van der Waals surface area contributed by atoms with Gasteiger partial charge >= 0.3 is 0 Å². The van der Waals surface area contributed by atoms with E-state index in [0.29, 0.717) is 17.9 Å². The van der Waals surface area contributed by atoms with E-state index in [1.165, 1.54) is 6.07 Å². The molecule has 21 heavy (non-hydrogen) atoms. The Kier molecular flexibility index (Phi) is 7.46. The van der Waals surface area contributed by atoms with E-state index in [9.17, 15) is 9.18 Å². The van der Waals surface area contributed by atoms with Crippen LogP contribution in [0.4, 0.5) is 4.39 Å². The largest absolute Gasteiger partial charge is 0.484 e. The summed E-state index contributed by atoms with van der Waals surface area (Å²) in [5.41, 5.74) is 0.590. The van der Waals surface area contributed by atoms with Crippen molar-refractivity contribution < 1.29 is 13.9 Å². The summed E-state index contributed by atoms with van der Waals surface area (Å²) in [6.07, 6.45) is 2.57. The summed E-state index contributed by atoms with van der Waals surface area (Å²) >= 11 is 0. The standard InChI is InChI=1S/C16H23FN2O2/c1-4-8-18-12(3)14-7-6-13(10-15(14)17)21-11-16(20)19-9-5-2/h5-7,10,12,18H,2,4,8-9,11H2,1,3H3,(H,19,20). The van der Waals surface area contributed by atoms with Crippen LogP contribution in [0.5, 0.6) is 5.75 Å². The van der Waals surface area contributed by atoms with E-state index in [1.54, 1.807) is 18.2 Å². The molecule has 0 heterocycles. The number of ether oxygens (including phenoxy) is 1. The van der Waals surface area contributed by atoms with Gasteiger partial charge in [-0.25, -0.2) is 4.39 Å². The maximum Gasteiger partial charge on any atom is 0.258 e. The predicted molar refractivity (Wildman–Crippen MR) is 81.8 cm³/mol. The Balaban J connectivity index is 2.57. The van der Waals surface area contributed by atoms with Gasteiger partial charge in [0.25, 0.3) is 5.91 Å². The van der Waals surface area contributed by atoms with Gasteiger partial charge in [0.2, 0.25) is 0 Å². The molecule has 0 aliphatic rings. The number of rotatable bonds is 9. The first kappa shape index (κ1) is 17.2. The molecular formula is C16H23FN2O2. The Morgan fingerprint density at radius 3 is 2.90 bits per heavy atom. The van der Waals surface area contributed by atoms with Gasteiger partial charge in [-0.15, -0.1) is 6.58 Å². The van der Waals surface area contributed by atoms with E-state index in [4.69, 9.17) is 4.74 Å². The molecule has 0 aliphatic carbocycles. The van der Waals surface area contributed by atoms with E-state index in [2.05, 4.69) is 24.1 Å². The first-order valence-electron chi connectivity index (χ1n) is 7.11. The fraction of sp³-hybridized carbons (Fsp3) is 0.438. The van der Waals surface area contributed by atoms with Crippen LogP contribution in [-0.4, -0.2) is 25.6 Å². The van der Waals surface area contributed by atoms with Crippen LogP contribution in [0, 0.1) is 5.82 Å². The number of amides is 1. The minimum atomic E-state index is -0.338. The van der Waals surface area contributed by atoms with Gasteiger partial charge in [-0.3, -0.25) is 4.79 Å². The zero-order chi connectivity index (χ0) is 15.7. The average molecular weight is 294 g/mol. The monoisotopic (exact) mass is 294 g/mol. The summed E-state index contributed by atoms with van der Waals surface area (Å²) in [6.45, 7) is 8.55. The van der Waals surface area contributed by atoms with E-state index in [0.717, 1.165) is 13.0 Å². The molecule has 0 saturated heterocycles. The van der Waals surface area contributed by atoms with Crippen molar-refractivity contribution in [3.8, 4) is 5.75 Å². The highest BCUT2D eigenvalue weighted by Crippen LogP contribution is 2.21. The van der Waals surface area contributed by atoms with Crippen molar-refractivity contribution in [2.75, 3.05) is 19.7 Å². The Morgan fingerprint density at radius 2 is 2.29 bits per heavy atom. The van der Waals surface area contributed by atoms with E-state index >= 15 is 0 Å². The zero-order valence-electron chi connectivity index (χ0n) is 12.6. The molecule has 1 atom stereocenters. The maximum atomic E-state index is 14.0. The molecule has 1 aromatic carbocycles. The minimum Gasteiger partial charge on any atom is -0.484 e. The van der Waals surface area contributed by atoms with Gasteiger partial charge in [0, 0.05) is 24.2 Å². The molecule has 1 aromatic rings. The van der Waals surface area contributed by atoms with Crippen LogP contribution in [0.3, 0.4) is 0 Å². The van der Waals surface area contributed by atoms with Crippen LogP contribution >= 0.6 is 0 Å². The van der Waals surface area contributed by atoms with E-state index < -0.39 is 0 Å². The number of hydrogen-bond donors (Lipinski definition) is 2. The van der Waals surface area contributed by atoms with Crippen LogP contribution < -0.4 is 15.4 Å². The molecule has 5 heteroatoms. The van der Waals surface area contributed by atoms with Crippen LogP contribution in [-0.2, 0) is 4.79 Å². The molecule has 0 saturated carbocycles. The number of carbonyl (C=O) groups is 1. The number of carbonyl (C=O) groups excluding carboxylic acids is 1. The van der Waals surface area contributed by atoms with Crippen LogP contribution in [0.25, 0.3) is 0 Å². The molecule has 2 N–H and O–H groups in total. The van der Waals surface area contributed by atoms with Crippen molar-refractivity contribution in [1.82, 2.24) is 10.6 Å². The molecule has 1 amide bonds. The Bertz CT molecular complexity index is 477. The van der Waals surface area contributed by atoms with Gasteiger partial charge in [0.05, 0.1) is 0 Å². The smallest absolute Gasteiger partial charge is 0.258 e. The molecule has 0 radical (unpaired) electrons. The van der Waals surface area contributed by atoms with Gasteiger partial charge in [-0.05, 0) is 26.0 Å². The lowest BCUT2D eigenvalue weighted by Gasteiger charge is -2.15. The lowest BCUT2D eigenvalue weighted by atomic mass is 10.1. The Hall–Kier alpha value is -1.88. The highest BCUT2D eigenvalue weighted by molar-refractivity contribution is 5.77. The third-order valence-corrected chi connectivity index (χ3v) is 2.95. The summed E-state index contributed by atoms with van der Waals surface area (Å²) in [5.74, 6) is -0.264. The second-order valence-electron chi connectivity index (χ2n) is 4.74. The molecule has 4 nitrogen and oxygen atoms in total. The third kappa shape index (κ3) is 5.95.